The summed E-state index contributed by atoms with van der Waals surface area (Å²) in [6.45, 7) is 2.93. The molecule has 0 saturated heterocycles. The largest absolute Gasteiger partial charge is 0.365 e. The van der Waals surface area contributed by atoms with Gasteiger partial charge in [0.15, 0.2) is 0 Å². The third kappa shape index (κ3) is 3.58. The topological polar surface area (TPSA) is 46.4 Å². The second-order valence-electron chi connectivity index (χ2n) is 4.51. The molecule has 2 aromatic carbocycles. The van der Waals surface area contributed by atoms with Crippen LogP contribution in [-0.4, -0.2) is 11.5 Å². The zero-order valence-corrected chi connectivity index (χ0v) is 13.0. The fraction of sp³-hybridized carbons (Fsp3) is 0.200. The van der Waals surface area contributed by atoms with Gasteiger partial charge in [0.25, 0.3) is 5.69 Å². The van der Waals surface area contributed by atoms with Gasteiger partial charge in [-0.15, -0.1) is 0 Å². The zero-order chi connectivity index (χ0) is 15.4. The maximum atomic E-state index is 13.8. The SMILES string of the molecule is CCN(Cc1ccc(Br)c([N+](=O)[O-])c1)c1ccccc1F. The number of nitrogens with zero attached hydrogens (tertiary/aromatic N) is 2. The van der Waals surface area contributed by atoms with E-state index in [-0.39, 0.29) is 11.5 Å². The molecule has 110 valence electrons. The van der Waals surface area contributed by atoms with Crippen molar-refractivity contribution in [3.63, 3.8) is 0 Å². The quantitative estimate of drug-likeness (QED) is 0.586. The Morgan fingerprint density at radius 1 is 1.29 bits per heavy atom. The molecule has 0 unspecified atom stereocenters. The van der Waals surface area contributed by atoms with Gasteiger partial charge in [0.05, 0.1) is 15.1 Å². The number of hydrogen-bond acceptors (Lipinski definition) is 3. The lowest BCUT2D eigenvalue weighted by Gasteiger charge is -2.23. The molecule has 0 atom stereocenters. The molecule has 0 aliphatic rings. The molecule has 0 aliphatic carbocycles. The summed E-state index contributed by atoms with van der Waals surface area (Å²) in [6, 6.07) is 11.5. The minimum atomic E-state index is -0.438. The first-order chi connectivity index (χ1) is 10.0. The fourth-order valence-electron chi connectivity index (χ4n) is 2.09. The molecular weight excluding hydrogens is 339 g/mol. The molecule has 21 heavy (non-hydrogen) atoms. The first-order valence-corrected chi connectivity index (χ1v) is 7.24. The second-order valence-corrected chi connectivity index (χ2v) is 5.36. The van der Waals surface area contributed by atoms with Crippen molar-refractivity contribution >= 4 is 27.3 Å². The van der Waals surface area contributed by atoms with Crippen molar-refractivity contribution in [2.24, 2.45) is 0 Å². The van der Waals surface area contributed by atoms with Gasteiger partial charge in [-0.3, -0.25) is 10.1 Å². The predicted molar refractivity (Wildman–Crippen MR) is 83.9 cm³/mol. The minimum Gasteiger partial charge on any atom is -0.365 e. The Bertz CT molecular complexity index is 664. The molecule has 2 rings (SSSR count). The first kappa shape index (κ1) is 15.4. The van der Waals surface area contributed by atoms with E-state index in [1.165, 1.54) is 12.1 Å². The second kappa shape index (κ2) is 6.67. The fourth-order valence-corrected chi connectivity index (χ4v) is 2.48. The molecule has 0 N–H and O–H groups in total. The Morgan fingerprint density at radius 3 is 2.62 bits per heavy atom. The maximum Gasteiger partial charge on any atom is 0.283 e. The van der Waals surface area contributed by atoms with Crippen molar-refractivity contribution in [2.45, 2.75) is 13.5 Å². The summed E-state index contributed by atoms with van der Waals surface area (Å²) < 4.78 is 14.3. The monoisotopic (exact) mass is 352 g/mol. The van der Waals surface area contributed by atoms with Crippen LogP contribution in [0.15, 0.2) is 46.9 Å². The van der Waals surface area contributed by atoms with Gasteiger partial charge in [-0.25, -0.2) is 4.39 Å². The number of halogens is 2. The highest BCUT2D eigenvalue weighted by Gasteiger charge is 2.15. The third-order valence-corrected chi connectivity index (χ3v) is 3.83. The standard InChI is InChI=1S/C15H14BrFN2O2/c1-2-18(14-6-4-3-5-13(14)17)10-11-7-8-12(16)15(9-11)19(20)21/h3-9H,2,10H2,1H3. The lowest BCUT2D eigenvalue weighted by molar-refractivity contribution is -0.385. The lowest BCUT2D eigenvalue weighted by atomic mass is 10.1. The van der Waals surface area contributed by atoms with Crippen molar-refractivity contribution in [1.82, 2.24) is 0 Å². The Balaban J connectivity index is 2.29. The summed E-state index contributed by atoms with van der Waals surface area (Å²) in [5.41, 5.74) is 1.26. The highest BCUT2D eigenvalue weighted by atomic mass is 79.9. The van der Waals surface area contributed by atoms with E-state index in [4.69, 9.17) is 0 Å². The van der Waals surface area contributed by atoms with Gasteiger partial charge < -0.3 is 4.90 Å². The van der Waals surface area contributed by atoms with Crippen molar-refractivity contribution in [3.05, 3.63) is 68.4 Å². The van der Waals surface area contributed by atoms with Gasteiger partial charge >= 0.3 is 0 Å². The van der Waals surface area contributed by atoms with Gasteiger partial charge in [-0.1, -0.05) is 18.2 Å². The predicted octanol–water partition coefficient (Wildman–Crippen LogP) is 4.52. The van der Waals surface area contributed by atoms with Gasteiger partial charge in [0.2, 0.25) is 0 Å². The number of benzene rings is 2. The van der Waals surface area contributed by atoms with E-state index in [0.717, 1.165) is 5.56 Å². The maximum absolute atomic E-state index is 13.8. The Morgan fingerprint density at radius 2 is 2.00 bits per heavy atom. The summed E-state index contributed by atoms with van der Waals surface area (Å²) in [4.78, 5) is 12.4. The van der Waals surface area contributed by atoms with Crippen LogP contribution in [0.3, 0.4) is 0 Å². The zero-order valence-electron chi connectivity index (χ0n) is 11.4. The van der Waals surface area contributed by atoms with E-state index in [1.807, 2.05) is 11.8 Å². The Hall–Kier alpha value is -1.95. The Kier molecular flexibility index (Phi) is 4.90. The molecule has 0 heterocycles. The average molecular weight is 353 g/mol. The van der Waals surface area contributed by atoms with Crippen LogP contribution in [0, 0.1) is 15.9 Å². The molecule has 0 radical (unpaired) electrons. The van der Waals surface area contributed by atoms with Crippen LogP contribution >= 0.6 is 15.9 Å². The summed E-state index contributed by atoms with van der Waals surface area (Å²) >= 11 is 3.16. The van der Waals surface area contributed by atoms with Crippen LogP contribution in [0.5, 0.6) is 0 Å². The number of para-hydroxylation sites is 1. The lowest BCUT2D eigenvalue weighted by Crippen LogP contribution is -2.23. The first-order valence-electron chi connectivity index (χ1n) is 6.45. The van der Waals surface area contributed by atoms with Crippen molar-refractivity contribution in [3.8, 4) is 0 Å². The number of nitro benzene ring substituents is 1. The summed E-state index contributed by atoms with van der Waals surface area (Å²) in [7, 11) is 0. The molecule has 2 aromatic rings. The molecule has 0 spiro atoms. The van der Waals surface area contributed by atoms with Crippen molar-refractivity contribution < 1.29 is 9.31 Å². The van der Waals surface area contributed by atoms with Crippen LogP contribution in [-0.2, 0) is 6.54 Å². The molecule has 0 fully saturated rings. The van der Waals surface area contributed by atoms with Crippen LogP contribution in [0.1, 0.15) is 12.5 Å². The van der Waals surface area contributed by atoms with E-state index in [1.54, 1.807) is 30.3 Å². The summed E-state index contributed by atoms with van der Waals surface area (Å²) in [5, 5.41) is 11.0. The molecule has 6 heteroatoms. The molecule has 0 aliphatic heterocycles. The number of anilines is 1. The minimum absolute atomic E-state index is 0.0112. The molecule has 0 bridgehead atoms. The van der Waals surface area contributed by atoms with Gasteiger partial charge in [0.1, 0.15) is 5.82 Å². The van der Waals surface area contributed by atoms with E-state index in [2.05, 4.69) is 15.9 Å². The summed E-state index contributed by atoms with van der Waals surface area (Å²) in [6.07, 6.45) is 0. The van der Waals surface area contributed by atoms with Crippen molar-refractivity contribution in [1.29, 1.82) is 0 Å². The number of hydrogen-bond donors (Lipinski definition) is 0. The van der Waals surface area contributed by atoms with Crippen molar-refractivity contribution in [2.75, 3.05) is 11.4 Å². The van der Waals surface area contributed by atoms with Crippen LogP contribution in [0.2, 0.25) is 0 Å². The molecule has 0 amide bonds. The highest BCUT2D eigenvalue weighted by molar-refractivity contribution is 9.10. The van der Waals surface area contributed by atoms with Crippen LogP contribution < -0.4 is 4.90 Å². The highest BCUT2D eigenvalue weighted by Crippen LogP contribution is 2.27. The normalized spacial score (nSPS) is 10.4. The smallest absolute Gasteiger partial charge is 0.283 e. The van der Waals surface area contributed by atoms with E-state index in [9.17, 15) is 14.5 Å². The number of nitro groups is 1. The van der Waals surface area contributed by atoms with Gasteiger partial charge in [0, 0.05) is 19.2 Å². The van der Waals surface area contributed by atoms with Crippen LogP contribution in [0.25, 0.3) is 0 Å². The van der Waals surface area contributed by atoms with Crippen LogP contribution in [0.4, 0.5) is 15.8 Å². The van der Waals surface area contributed by atoms with E-state index in [0.29, 0.717) is 23.2 Å². The Labute approximate surface area is 130 Å². The third-order valence-electron chi connectivity index (χ3n) is 3.16. The summed E-state index contributed by atoms with van der Waals surface area (Å²) in [5.74, 6) is -0.300. The average Bonchev–Trinajstić information content (AvgIpc) is 2.47. The van der Waals surface area contributed by atoms with Gasteiger partial charge in [-0.05, 0) is 46.6 Å². The molecule has 0 saturated carbocycles. The number of rotatable bonds is 5. The molecule has 0 aromatic heterocycles. The molecular formula is C15H14BrFN2O2. The van der Waals surface area contributed by atoms with E-state index >= 15 is 0 Å². The van der Waals surface area contributed by atoms with Gasteiger partial charge in [-0.2, -0.15) is 0 Å². The van der Waals surface area contributed by atoms with E-state index < -0.39 is 4.92 Å². The molecule has 4 nitrogen and oxygen atoms in total.